The van der Waals surface area contributed by atoms with Crippen LogP contribution < -0.4 is 11.1 Å². The van der Waals surface area contributed by atoms with Crippen LogP contribution in [0.1, 0.15) is 40.0 Å². The molecule has 0 aliphatic carbocycles. The van der Waals surface area contributed by atoms with E-state index < -0.39 is 0 Å². The van der Waals surface area contributed by atoms with Crippen LogP contribution in [-0.2, 0) is 0 Å². The zero-order valence-corrected chi connectivity index (χ0v) is 9.48. The first-order valence-electron chi connectivity index (χ1n) is 5.23. The van der Waals surface area contributed by atoms with Gasteiger partial charge < -0.3 is 11.1 Å². The molecule has 0 fully saturated rings. The summed E-state index contributed by atoms with van der Waals surface area (Å²) in [6.45, 7) is 7.53. The molecule has 0 aromatic carbocycles. The molecule has 3 N–H and O–H groups in total. The minimum absolute atomic E-state index is 0.642. The molecule has 2 nitrogen and oxygen atoms in total. The van der Waals surface area contributed by atoms with Gasteiger partial charge in [0.2, 0.25) is 0 Å². The van der Waals surface area contributed by atoms with Crippen molar-refractivity contribution in [2.45, 2.75) is 40.0 Å². The second kappa shape index (κ2) is 6.96. The van der Waals surface area contributed by atoms with E-state index in [9.17, 15) is 0 Å². The Bertz CT molecular complexity index is 157. The fourth-order valence-corrected chi connectivity index (χ4v) is 1.70. The van der Waals surface area contributed by atoms with Gasteiger partial charge in [-0.05, 0) is 44.8 Å². The SMILES string of the molecule is CCC[C@H](C)/C(CCNC)=C(/C)N. The highest BCUT2D eigenvalue weighted by Crippen LogP contribution is 2.20. The molecule has 0 aromatic heterocycles. The molecule has 0 radical (unpaired) electrons. The van der Waals surface area contributed by atoms with Crippen molar-refractivity contribution >= 4 is 0 Å². The molecule has 0 aliphatic rings. The van der Waals surface area contributed by atoms with Crippen LogP contribution in [0.3, 0.4) is 0 Å². The number of allylic oxidation sites excluding steroid dienone is 1. The second-order valence-electron chi connectivity index (χ2n) is 3.75. The van der Waals surface area contributed by atoms with Crippen molar-refractivity contribution in [2.24, 2.45) is 11.7 Å². The minimum atomic E-state index is 0.642. The van der Waals surface area contributed by atoms with Crippen LogP contribution in [0.5, 0.6) is 0 Å². The lowest BCUT2D eigenvalue weighted by atomic mass is 9.92. The molecule has 0 amide bonds. The predicted molar refractivity (Wildman–Crippen MR) is 59.5 cm³/mol. The quantitative estimate of drug-likeness (QED) is 0.664. The van der Waals surface area contributed by atoms with Gasteiger partial charge in [-0.1, -0.05) is 20.3 Å². The molecular weight excluding hydrogens is 160 g/mol. The van der Waals surface area contributed by atoms with Crippen LogP contribution in [0.25, 0.3) is 0 Å². The van der Waals surface area contributed by atoms with Crippen LogP contribution in [0.15, 0.2) is 11.3 Å². The molecule has 0 rings (SSSR count). The van der Waals surface area contributed by atoms with E-state index in [0.717, 1.165) is 18.7 Å². The second-order valence-corrected chi connectivity index (χ2v) is 3.75. The van der Waals surface area contributed by atoms with Crippen molar-refractivity contribution in [3.8, 4) is 0 Å². The van der Waals surface area contributed by atoms with Gasteiger partial charge in [-0.2, -0.15) is 0 Å². The number of hydrogen-bond donors (Lipinski definition) is 2. The summed E-state index contributed by atoms with van der Waals surface area (Å²) in [4.78, 5) is 0. The molecule has 0 aliphatic heterocycles. The molecule has 1 atom stereocenters. The Balaban J connectivity index is 4.17. The molecule has 0 bridgehead atoms. The summed E-state index contributed by atoms with van der Waals surface area (Å²) in [6, 6.07) is 0. The van der Waals surface area contributed by atoms with Gasteiger partial charge in [0, 0.05) is 5.70 Å². The highest BCUT2D eigenvalue weighted by atomic mass is 14.8. The van der Waals surface area contributed by atoms with Gasteiger partial charge in [0.1, 0.15) is 0 Å². The first-order chi connectivity index (χ1) is 6.13. The van der Waals surface area contributed by atoms with Crippen LogP contribution in [0.2, 0.25) is 0 Å². The van der Waals surface area contributed by atoms with Crippen LogP contribution in [0, 0.1) is 5.92 Å². The average molecular weight is 184 g/mol. The monoisotopic (exact) mass is 184 g/mol. The van der Waals surface area contributed by atoms with E-state index in [1.165, 1.54) is 18.4 Å². The smallest absolute Gasteiger partial charge is 0.00439 e. The fraction of sp³-hybridized carbons (Fsp3) is 0.818. The molecule has 0 heterocycles. The van der Waals surface area contributed by atoms with Gasteiger partial charge in [-0.25, -0.2) is 0 Å². The molecule has 0 spiro atoms. The summed E-state index contributed by atoms with van der Waals surface area (Å²) in [5.41, 5.74) is 8.30. The van der Waals surface area contributed by atoms with E-state index >= 15 is 0 Å². The van der Waals surface area contributed by atoms with Gasteiger partial charge in [0.15, 0.2) is 0 Å². The largest absolute Gasteiger partial charge is 0.402 e. The first-order valence-corrected chi connectivity index (χ1v) is 5.23. The van der Waals surface area contributed by atoms with E-state index in [4.69, 9.17) is 5.73 Å². The van der Waals surface area contributed by atoms with Gasteiger partial charge in [0.05, 0.1) is 0 Å². The molecule has 2 heteroatoms. The highest BCUT2D eigenvalue weighted by molar-refractivity contribution is 5.12. The average Bonchev–Trinajstić information content (AvgIpc) is 2.05. The van der Waals surface area contributed by atoms with Gasteiger partial charge in [-0.3, -0.25) is 0 Å². The molecule has 0 unspecified atom stereocenters. The summed E-state index contributed by atoms with van der Waals surface area (Å²) in [6.07, 6.45) is 3.56. The number of rotatable bonds is 6. The maximum atomic E-state index is 5.86. The lowest BCUT2D eigenvalue weighted by Crippen LogP contribution is -2.14. The maximum Gasteiger partial charge on any atom is 0.00439 e. The highest BCUT2D eigenvalue weighted by Gasteiger charge is 2.09. The van der Waals surface area contributed by atoms with Crippen LogP contribution in [-0.4, -0.2) is 13.6 Å². The number of nitrogens with one attached hydrogen (secondary N) is 1. The summed E-state index contributed by atoms with van der Waals surface area (Å²) >= 11 is 0. The Hall–Kier alpha value is -0.500. The zero-order valence-electron chi connectivity index (χ0n) is 9.48. The Morgan fingerprint density at radius 3 is 2.46 bits per heavy atom. The van der Waals surface area contributed by atoms with Crippen LogP contribution in [0.4, 0.5) is 0 Å². The maximum absolute atomic E-state index is 5.86. The summed E-state index contributed by atoms with van der Waals surface area (Å²) in [5.74, 6) is 0.642. The number of nitrogens with two attached hydrogens (primary N) is 1. The van der Waals surface area contributed by atoms with Crippen molar-refractivity contribution in [2.75, 3.05) is 13.6 Å². The van der Waals surface area contributed by atoms with Crippen molar-refractivity contribution in [1.82, 2.24) is 5.32 Å². The topological polar surface area (TPSA) is 38.0 Å². The molecule has 0 saturated carbocycles. The Labute approximate surface area is 82.6 Å². The third-order valence-corrected chi connectivity index (χ3v) is 2.47. The van der Waals surface area contributed by atoms with Crippen molar-refractivity contribution < 1.29 is 0 Å². The standard InChI is InChI=1S/C11H24N2/c1-5-6-9(2)11(10(3)12)7-8-13-4/h9,13H,5-8,12H2,1-4H3/b11-10-/t9-/m0/s1. The lowest BCUT2D eigenvalue weighted by Gasteiger charge is -2.17. The molecule has 78 valence electrons. The molecule has 0 aromatic rings. The van der Waals surface area contributed by atoms with Gasteiger partial charge >= 0.3 is 0 Å². The lowest BCUT2D eigenvalue weighted by molar-refractivity contribution is 0.565. The van der Waals surface area contributed by atoms with E-state index in [0.29, 0.717) is 5.92 Å². The van der Waals surface area contributed by atoms with Gasteiger partial charge in [0.25, 0.3) is 0 Å². The summed E-state index contributed by atoms with van der Waals surface area (Å²) in [7, 11) is 1.98. The summed E-state index contributed by atoms with van der Waals surface area (Å²) < 4.78 is 0. The van der Waals surface area contributed by atoms with Crippen molar-refractivity contribution in [3.63, 3.8) is 0 Å². The number of hydrogen-bond acceptors (Lipinski definition) is 2. The van der Waals surface area contributed by atoms with Gasteiger partial charge in [-0.15, -0.1) is 0 Å². The van der Waals surface area contributed by atoms with Crippen molar-refractivity contribution in [1.29, 1.82) is 0 Å². The molecular formula is C11H24N2. The third kappa shape index (κ3) is 4.94. The van der Waals surface area contributed by atoms with E-state index in [1.807, 2.05) is 14.0 Å². The predicted octanol–water partition coefficient (Wildman–Crippen LogP) is 2.26. The fourth-order valence-electron chi connectivity index (χ4n) is 1.70. The van der Waals surface area contributed by atoms with E-state index in [2.05, 4.69) is 19.2 Å². The third-order valence-electron chi connectivity index (χ3n) is 2.47. The van der Waals surface area contributed by atoms with E-state index in [1.54, 1.807) is 0 Å². The van der Waals surface area contributed by atoms with Crippen LogP contribution >= 0.6 is 0 Å². The molecule has 0 saturated heterocycles. The first kappa shape index (κ1) is 12.5. The zero-order chi connectivity index (χ0) is 10.3. The van der Waals surface area contributed by atoms with Crippen molar-refractivity contribution in [3.05, 3.63) is 11.3 Å². The van der Waals surface area contributed by atoms with E-state index in [-0.39, 0.29) is 0 Å². The Kier molecular flexibility index (Phi) is 6.69. The Morgan fingerprint density at radius 2 is 2.08 bits per heavy atom. The molecule has 13 heavy (non-hydrogen) atoms. The normalized spacial score (nSPS) is 15.4. The summed E-state index contributed by atoms with van der Waals surface area (Å²) in [5, 5.41) is 3.16. The minimum Gasteiger partial charge on any atom is -0.402 e. The Morgan fingerprint density at radius 1 is 1.46 bits per heavy atom.